The first-order valence-corrected chi connectivity index (χ1v) is 5.92. The zero-order chi connectivity index (χ0) is 12.3. The lowest BCUT2D eigenvalue weighted by Gasteiger charge is -2.33. The number of furan rings is 1. The molecule has 0 amide bonds. The van der Waals surface area contributed by atoms with Crippen LogP contribution in [0.1, 0.15) is 31.2 Å². The van der Waals surface area contributed by atoms with Crippen LogP contribution in [0.4, 0.5) is 0 Å². The van der Waals surface area contributed by atoms with E-state index in [0.717, 1.165) is 5.76 Å². The average Bonchev–Trinajstić information content (AvgIpc) is 2.84. The monoisotopic (exact) mass is 229 g/mol. The summed E-state index contributed by atoms with van der Waals surface area (Å²) in [6.45, 7) is 4.46. The summed E-state index contributed by atoms with van der Waals surface area (Å²) in [6.07, 6.45) is 1.72. The molecule has 0 radical (unpaired) electrons. The van der Waals surface area contributed by atoms with Crippen molar-refractivity contribution in [2.45, 2.75) is 25.3 Å². The highest BCUT2D eigenvalue weighted by Crippen LogP contribution is 2.36. The highest BCUT2D eigenvalue weighted by atomic mass is 16.3. The molecule has 0 fully saturated rings. The van der Waals surface area contributed by atoms with E-state index in [9.17, 15) is 0 Å². The number of benzene rings is 1. The molecule has 0 bridgehead atoms. The summed E-state index contributed by atoms with van der Waals surface area (Å²) in [4.78, 5) is 0. The van der Waals surface area contributed by atoms with Crippen LogP contribution >= 0.6 is 0 Å². The standard InChI is InChI=1S/C15H19NO/c1-15(2,12-8-5-4-6-9-12)14(16-3)13-10-7-11-17-13/h4-11,14,16H,1-3H3. The molecule has 2 aromatic rings. The molecule has 0 saturated heterocycles. The summed E-state index contributed by atoms with van der Waals surface area (Å²) in [5.41, 5.74) is 1.28. The topological polar surface area (TPSA) is 25.2 Å². The Morgan fingerprint density at radius 2 is 1.76 bits per heavy atom. The number of hydrogen-bond acceptors (Lipinski definition) is 2. The molecule has 0 aliphatic heterocycles. The quantitative estimate of drug-likeness (QED) is 0.867. The van der Waals surface area contributed by atoms with Gasteiger partial charge in [-0.3, -0.25) is 0 Å². The fraction of sp³-hybridized carbons (Fsp3) is 0.333. The fourth-order valence-electron chi connectivity index (χ4n) is 2.35. The van der Waals surface area contributed by atoms with Crippen molar-refractivity contribution in [1.82, 2.24) is 5.32 Å². The van der Waals surface area contributed by atoms with Crippen LogP contribution in [0.3, 0.4) is 0 Å². The maximum atomic E-state index is 5.53. The molecule has 2 heteroatoms. The first-order valence-electron chi connectivity index (χ1n) is 5.92. The van der Waals surface area contributed by atoms with Crippen molar-refractivity contribution >= 4 is 0 Å². The second-order valence-electron chi connectivity index (χ2n) is 4.82. The van der Waals surface area contributed by atoms with Crippen LogP contribution in [0.25, 0.3) is 0 Å². The van der Waals surface area contributed by atoms with Crippen molar-refractivity contribution in [2.75, 3.05) is 7.05 Å². The Bertz CT molecular complexity index is 445. The number of rotatable bonds is 4. The number of likely N-dealkylation sites (N-methyl/N-ethyl adjacent to an activating group) is 1. The lowest BCUT2D eigenvalue weighted by Crippen LogP contribution is -2.35. The molecule has 1 aromatic heterocycles. The predicted molar refractivity (Wildman–Crippen MR) is 70.0 cm³/mol. The highest BCUT2D eigenvalue weighted by Gasteiger charge is 2.33. The van der Waals surface area contributed by atoms with Gasteiger partial charge in [0.15, 0.2) is 0 Å². The van der Waals surface area contributed by atoms with E-state index in [0.29, 0.717) is 0 Å². The Labute approximate surface area is 103 Å². The van der Waals surface area contributed by atoms with Crippen LogP contribution in [0.2, 0.25) is 0 Å². The zero-order valence-electron chi connectivity index (χ0n) is 10.6. The van der Waals surface area contributed by atoms with Gasteiger partial charge in [-0.1, -0.05) is 44.2 Å². The van der Waals surface area contributed by atoms with Crippen molar-refractivity contribution < 1.29 is 4.42 Å². The van der Waals surface area contributed by atoms with Gasteiger partial charge < -0.3 is 9.73 Å². The Kier molecular flexibility index (Phi) is 3.34. The predicted octanol–water partition coefficient (Wildman–Crippen LogP) is 3.52. The zero-order valence-corrected chi connectivity index (χ0v) is 10.6. The van der Waals surface area contributed by atoms with E-state index in [4.69, 9.17) is 4.42 Å². The Hall–Kier alpha value is -1.54. The van der Waals surface area contributed by atoms with Gasteiger partial charge in [0.25, 0.3) is 0 Å². The molecular formula is C15H19NO. The smallest absolute Gasteiger partial charge is 0.121 e. The van der Waals surface area contributed by atoms with Crippen LogP contribution in [-0.4, -0.2) is 7.05 Å². The molecule has 90 valence electrons. The highest BCUT2D eigenvalue weighted by molar-refractivity contribution is 5.28. The fourth-order valence-corrected chi connectivity index (χ4v) is 2.35. The van der Waals surface area contributed by atoms with E-state index in [1.807, 2.05) is 25.2 Å². The van der Waals surface area contributed by atoms with E-state index < -0.39 is 0 Å². The van der Waals surface area contributed by atoms with Gasteiger partial charge in [-0.05, 0) is 24.7 Å². The van der Waals surface area contributed by atoms with Crippen molar-refractivity contribution in [2.24, 2.45) is 0 Å². The van der Waals surface area contributed by atoms with Gasteiger partial charge in [0, 0.05) is 5.41 Å². The van der Waals surface area contributed by atoms with Gasteiger partial charge in [-0.25, -0.2) is 0 Å². The van der Waals surface area contributed by atoms with Crippen LogP contribution in [0.15, 0.2) is 53.1 Å². The van der Waals surface area contributed by atoms with Crippen molar-refractivity contribution in [1.29, 1.82) is 0 Å². The third-order valence-corrected chi connectivity index (χ3v) is 3.36. The maximum Gasteiger partial charge on any atom is 0.121 e. The first kappa shape index (κ1) is 11.9. The summed E-state index contributed by atoms with van der Waals surface area (Å²) in [5.74, 6) is 0.973. The van der Waals surface area contributed by atoms with Crippen LogP contribution < -0.4 is 5.32 Å². The van der Waals surface area contributed by atoms with Gasteiger partial charge in [-0.15, -0.1) is 0 Å². The number of nitrogens with one attached hydrogen (secondary N) is 1. The summed E-state index contributed by atoms with van der Waals surface area (Å²) in [5, 5.41) is 3.35. The summed E-state index contributed by atoms with van der Waals surface area (Å²) in [7, 11) is 1.97. The van der Waals surface area contributed by atoms with Crippen molar-refractivity contribution in [3.63, 3.8) is 0 Å². The van der Waals surface area contributed by atoms with Crippen LogP contribution in [0, 0.1) is 0 Å². The molecule has 2 rings (SSSR count). The Balaban J connectivity index is 2.37. The van der Waals surface area contributed by atoms with Crippen LogP contribution in [0.5, 0.6) is 0 Å². The second kappa shape index (κ2) is 4.76. The van der Waals surface area contributed by atoms with Gasteiger partial charge in [-0.2, -0.15) is 0 Å². The van der Waals surface area contributed by atoms with Gasteiger partial charge in [0.2, 0.25) is 0 Å². The minimum absolute atomic E-state index is 0.0200. The molecule has 0 aliphatic rings. The second-order valence-corrected chi connectivity index (χ2v) is 4.82. The molecule has 1 heterocycles. The van der Waals surface area contributed by atoms with Gasteiger partial charge in [0.1, 0.15) is 5.76 Å². The first-order chi connectivity index (χ1) is 8.16. The van der Waals surface area contributed by atoms with E-state index in [2.05, 4.69) is 43.4 Å². The minimum Gasteiger partial charge on any atom is -0.468 e. The van der Waals surface area contributed by atoms with Gasteiger partial charge in [0.05, 0.1) is 12.3 Å². The Morgan fingerprint density at radius 3 is 2.29 bits per heavy atom. The minimum atomic E-state index is -0.0200. The third kappa shape index (κ3) is 2.27. The molecule has 2 nitrogen and oxygen atoms in total. The molecule has 17 heavy (non-hydrogen) atoms. The van der Waals surface area contributed by atoms with E-state index in [-0.39, 0.29) is 11.5 Å². The Morgan fingerprint density at radius 1 is 1.06 bits per heavy atom. The summed E-state index contributed by atoms with van der Waals surface area (Å²) < 4.78 is 5.53. The van der Waals surface area contributed by atoms with E-state index in [1.54, 1.807) is 6.26 Å². The average molecular weight is 229 g/mol. The van der Waals surface area contributed by atoms with E-state index >= 15 is 0 Å². The molecule has 1 aromatic carbocycles. The summed E-state index contributed by atoms with van der Waals surface area (Å²) in [6, 6.07) is 14.6. The SMILES string of the molecule is CNC(c1ccco1)C(C)(C)c1ccccc1. The van der Waals surface area contributed by atoms with E-state index in [1.165, 1.54) is 5.56 Å². The molecule has 1 N–H and O–H groups in total. The molecule has 1 unspecified atom stereocenters. The number of hydrogen-bond donors (Lipinski definition) is 1. The molecule has 0 saturated carbocycles. The normalized spacial score (nSPS) is 13.6. The van der Waals surface area contributed by atoms with Crippen LogP contribution in [-0.2, 0) is 5.41 Å². The maximum absolute atomic E-state index is 5.53. The largest absolute Gasteiger partial charge is 0.468 e. The molecular weight excluding hydrogens is 210 g/mol. The summed E-state index contributed by atoms with van der Waals surface area (Å²) >= 11 is 0. The molecule has 0 aliphatic carbocycles. The lowest BCUT2D eigenvalue weighted by atomic mass is 9.77. The van der Waals surface area contributed by atoms with Crippen molar-refractivity contribution in [3.8, 4) is 0 Å². The lowest BCUT2D eigenvalue weighted by molar-refractivity contribution is 0.312. The molecule has 0 spiro atoms. The van der Waals surface area contributed by atoms with Crippen molar-refractivity contribution in [3.05, 3.63) is 60.1 Å². The molecule has 1 atom stereocenters. The third-order valence-electron chi connectivity index (χ3n) is 3.36. The van der Waals surface area contributed by atoms with Gasteiger partial charge >= 0.3 is 0 Å².